The molecule has 0 amide bonds. The van der Waals surface area contributed by atoms with Gasteiger partial charge in [0.2, 0.25) is 0 Å². The van der Waals surface area contributed by atoms with Crippen LogP contribution >= 0.6 is 0 Å². The molecule has 1 aromatic carbocycles. The van der Waals surface area contributed by atoms with E-state index in [1.165, 1.54) is 12.1 Å². The quantitative estimate of drug-likeness (QED) is 0.829. The topological polar surface area (TPSA) is 29.1 Å². The molecule has 0 aliphatic heterocycles. The summed E-state index contributed by atoms with van der Waals surface area (Å²) in [6, 6.07) is 4.83. The van der Waals surface area contributed by atoms with E-state index in [1.807, 2.05) is 20.8 Å². The second-order valence-corrected chi connectivity index (χ2v) is 4.32. The molecule has 0 heterocycles. The first-order valence-corrected chi connectivity index (χ1v) is 5.49. The molecule has 0 saturated heterocycles. The molecule has 1 N–H and O–H groups in total. The normalized spacial score (nSPS) is 10.8. The highest BCUT2D eigenvalue weighted by Gasteiger charge is 2.07. The van der Waals surface area contributed by atoms with Crippen LogP contribution in [0.1, 0.15) is 25.0 Å². The first-order valence-electron chi connectivity index (χ1n) is 5.49. The van der Waals surface area contributed by atoms with E-state index in [0.29, 0.717) is 19.0 Å². The first-order chi connectivity index (χ1) is 7.49. The monoisotopic (exact) mass is 223 g/mol. The number of carbonyl (C=O) groups excluding carboxylic acids is 1. The highest BCUT2D eigenvalue weighted by molar-refractivity contribution is 5.83. The van der Waals surface area contributed by atoms with Gasteiger partial charge in [-0.1, -0.05) is 19.9 Å². The van der Waals surface area contributed by atoms with E-state index in [4.69, 9.17) is 0 Å². The van der Waals surface area contributed by atoms with Crippen LogP contribution in [0.2, 0.25) is 0 Å². The van der Waals surface area contributed by atoms with Crippen LogP contribution in [0, 0.1) is 12.7 Å². The highest BCUT2D eigenvalue weighted by Crippen LogP contribution is 2.10. The van der Waals surface area contributed by atoms with Gasteiger partial charge in [-0.2, -0.15) is 0 Å². The van der Waals surface area contributed by atoms with Crippen LogP contribution in [0.25, 0.3) is 0 Å². The molecule has 0 atom stereocenters. The number of hydrogen-bond acceptors (Lipinski definition) is 2. The van der Waals surface area contributed by atoms with Crippen LogP contribution < -0.4 is 5.32 Å². The Kier molecular flexibility index (Phi) is 4.62. The van der Waals surface area contributed by atoms with Gasteiger partial charge in [0.05, 0.1) is 6.54 Å². The Morgan fingerprint density at radius 2 is 2.12 bits per heavy atom. The standard InChI is InChI=1S/C13H18FNO/c1-9(2)15-8-13(16)7-11-4-5-12(14)6-10(11)3/h4-6,9,15H,7-8H2,1-3H3. The van der Waals surface area contributed by atoms with Crippen molar-refractivity contribution in [1.29, 1.82) is 0 Å². The Balaban J connectivity index is 2.56. The molecule has 2 nitrogen and oxygen atoms in total. The summed E-state index contributed by atoms with van der Waals surface area (Å²) in [6.45, 7) is 6.18. The Hall–Kier alpha value is -1.22. The van der Waals surface area contributed by atoms with Crippen molar-refractivity contribution in [1.82, 2.24) is 5.32 Å². The van der Waals surface area contributed by atoms with E-state index >= 15 is 0 Å². The molecule has 1 aromatic rings. The molecule has 16 heavy (non-hydrogen) atoms. The average molecular weight is 223 g/mol. The van der Waals surface area contributed by atoms with Crippen molar-refractivity contribution in [3.63, 3.8) is 0 Å². The van der Waals surface area contributed by atoms with E-state index in [0.717, 1.165) is 11.1 Å². The summed E-state index contributed by atoms with van der Waals surface area (Å²) in [5.41, 5.74) is 1.73. The maximum atomic E-state index is 12.8. The van der Waals surface area contributed by atoms with Gasteiger partial charge in [-0.3, -0.25) is 4.79 Å². The van der Waals surface area contributed by atoms with E-state index in [1.54, 1.807) is 6.07 Å². The SMILES string of the molecule is Cc1cc(F)ccc1CC(=O)CNC(C)C. The molecular formula is C13H18FNO. The third-order valence-corrected chi connectivity index (χ3v) is 2.40. The lowest BCUT2D eigenvalue weighted by atomic mass is 10.0. The van der Waals surface area contributed by atoms with Gasteiger partial charge in [0.1, 0.15) is 5.82 Å². The third kappa shape index (κ3) is 4.11. The number of halogens is 1. The number of ketones is 1. The highest BCUT2D eigenvalue weighted by atomic mass is 19.1. The minimum Gasteiger partial charge on any atom is -0.308 e. The summed E-state index contributed by atoms with van der Waals surface area (Å²) in [6.07, 6.45) is 0.367. The van der Waals surface area contributed by atoms with Crippen LogP contribution in [-0.2, 0) is 11.2 Å². The van der Waals surface area contributed by atoms with Crippen molar-refractivity contribution < 1.29 is 9.18 Å². The average Bonchev–Trinajstić information content (AvgIpc) is 2.19. The van der Waals surface area contributed by atoms with Crippen LogP contribution in [0.5, 0.6) is 0 Å². The Morgan fingerprint density at radius 3 is 2.69 bits per heavy atom. The Labute approximate surface area is 95.9 Å². The van der Waals surface area contributed by atoms with Gasteiger partial charge < -0.3 is 5.32 Å². The zero-order chi connectivity index (χ0) is 12.1. The summed E-state index contributed by atoms with van der Waals surface area (Å²) in [5.74, 6) is -0.127. The van der Waals surface area contributed by atoms with Gasteiger partial charge in [0.25, 0.3) is 0 Å². The molecule has 0 spiro atoms. The fourth-order valence-corrected chi connectivity index (χ4v) is 1.45. The van der Waals surface area contributed by atoms with Crippen molar-refractivity contribution in [3.8, 4) is 0 Å². The Bertz CT molecular complexity index is 374. The van der Waals surface area contributed by atoms with Crippen molar-refractivity contribution >= 4 is 5.78 Å². The number of benzene rings is 1. The van der Waals surface area contributed by atoms with Gasteiger partial charge in [-0.25, -0.2) is 4.39 Å². The predicted octanol–water partition coefficient (Wildman–Crippen LogP) is 2.24. The van der Waals surface area contributed by atoms with Gasteiger partial charge in [-0.15, -0.1) is 0 Å². The fraction of sp³-hybridized carbons (Fsp3) is 0.462. The van der Waals surface area contributed by atoms with Crippen LogP contribution in [0.3, 0.4) is 0 Å². The van der Waals surface area contributed by atoms with Crippen LogP contribution in [0.15, 0.2) is 18.2 Å². The van der Waals surface area contributed by atoms with Gasteiger partial charge in [-0.05, 0) is 30.2 Å². The van der Waals surface area contributed by atoms with Gasteiger partial charge in [0, 0.05) is 12.5 Å². The molecule has 0 fully saturated rings. The Morgan fingerprint density at radius 1 is 1.44 bits per heavy atom. The summed E-state index contributed by atoms with van der Waals surface area (Å²) < 4.78 is 12.8. The number of nitrogens with one attached hydrogen (secondary N) is 1. The summed E-state index contributed by atoms with van der Waals surface area (Å²) in [4.78, 5) is 11.6. The van der Waals surface area contributed by atoms with Gasteiger partial charge in [0.15, 0.2) is 5.78 Å². The molecule has 3 heteroatoms. The molecule has 0 unspecified atom stereocenters. The fourth-order valence-electron chi connectivity index (χ4n) is 1.45. The smallest absolute Gasteiger partial charge is 0.150 e. The van der Waals surface area contributed by atoms with E-state index in [9.17, 15) is 9.18 Å². The summed E-state index contributed by atoms with van der Waals surface area (Å²) in [7, 11) is 0. The van der Waals surface area contributed by atoms with E-state index in [2.05, 4.69) is 5.32 Å². The second-order valence-electron chi connectivity index (χ2n) is 4.32. The molecule has 0 aromatic heterocycles. The maximum Gasteiger partial charge on any atom is 0.150 e. The van der Waals surface area contributed by atoms with Crippen molar-refractivity contribution in [3.05, 3.63) is 35.1 Å². The zero-order valence-corrected chi connectivity index (χ0v) is 10.0. The lowest BCUT2D eigenvalue weighted by molar-refractivity contribution is -0.117. The molecule has 0 aliphatic carbocycles. The third-order valence-electron chi connectivity index (χ3n) is 2.40. The van der Waals surface area contributed by atoms with Crippen LogP contribution in [-0.4, -0.2) is 18.4 Å². The maximum absolute atomic E-state index is 12.8. The molecule has 0 radical (unpaired) electrons. The van der Waals surface area contributed by atoms with Crippen molar-refractivity contribution in [2.75, 3.05) is 6.54 Å². The number of aryl methyl sites for hydroxylation is 1. The van der Waals surface area contributed by atoms with Crippen LogP contribution in [0.4, 0.5) is 4.39 Å². The van der Waals surface area contributed by atoms with E-state index < -0.39 is 0 Å². The lowest BCUT2D eigenvalue weighted by Gasteiger charge is -2.08. The number of Topliss-reactive ketones (excluding diaryl/α,β-unsaturated/α-hetero) is 1. The second kappa shape index (κ2) is 5.75. The largest absolute Gasteiger partial charge is 0.308 e. The number of rotatable bonds is 5. The predicted molar refractivity (Wildman–Crippen MR) is 63.0 cm³/mol. The molecule has 0 saturated carbocycles. The molecule has 1 rings (SSSR count). The molecular weight excluding hydrogens is 205 g/mol. The summed E-state index contributed by atoms with van der Waals surface area (Å²) >= 11 is 0. The lowest BCUT2D eigenvalue weighted by Crippen LogP contribution is -2.30. The first kappa shape index (κ1) is 12.8. The van der Waals surface area contributed by atoms with E-state index in [-0.39, 0.29) is 11.6 Å². The zero-order valence-electron chi connectivity index (χ0n) is 10.0. The minimum absolute atomic E-state index is 0.128. The van der Waals surface area contributed by atoms with Gasteiger partial charge >= 0.3 is 0 Å². The van der Waals surface area contributed by atoms with Crippen molar-refractivity contribution in [2.45, 2.75) is 33.2 Å². The summed E-state index contributed by atoms with van der Waals surface area (Å²) in [5, 5.41) is 3.07. The molecule has 0 bridgehead atoms. The van der Waals surface area contributed by atoms with Crippen molar-refractivity contribution in [2.24, 2.45) is 0 Å². The number of hydrogen-bond donors (Lipinski definition) is 1. The number of carbonyl (C=O) groups is 1. The molecule has 88 valence electrons. The molecule has 0 aliphatic rings. The minimum atomic E-state index is -0.256.